The molecule has 2 aromatic rings. The highest BCUT2D eigenvalue weighted by molar-refractivity contribution is 5.92. The van der Waals surface area contributed by atoms with Crippen molar-refractivity contribution in [3.63, 3.8) is 0 Å². The highest BCUT2D eigenvalue weighted by Crippen LogP contribution is 2.33. The predicted octanol–water partition coefficient (Wildman–Crippen LogP) is 2.04. The van der Waals surface area contributed by atoms with E-state index in [2.05, 4.69) is 33.2 Å². The molecule has 2 aliphatic rings. The van der Waals surface area contributed by atoms with Crippen molar-refractivity contribution in [2.45, 2.75) is 45.3 Å². The molecule has 1 saturated carbocycles. The Morgan fingerprint density at radius 3 is 2.92 bits per heavy atom. The first kappa shape index (κ1) is 17.2. The van der Waals surface area contributed by atoms with Crippen molar-refractivity contribution in [1.82, 2.24) is 15.3 Å². The molecule has 1 aliphatic carbocycles. The summed E-state index contributed by atoms with van der Waals surface area (Å²) in [7, 11) is 0. The standard InChI is InChI=1S/C20H26N4O2/c1-12-8-15(23-20(26)19(25)14-5-6-14)11-24(10-12)17-9-22-13(2)18-16(17)4-3-7-21-18/h3-4,7,9,12,14-15,19,25H,5-6,8,10-11H2,1-2H3,(H,23,26)/t12-,15+,19-/m0/s1. The Bertz CT molecular complexity index is 821. The number of aromatic nitrogens is 2. The number of aliphatic hydroxyl groups is 1. The monoisotopic (exact) mass is 354 g/mol. The fourth-order valence-corrected chi connectivity index (χ4v) is 4.01. The van der Waals surface area contributed by atoms with Crippen molar-refractivity contribution < 1.29 is 9.90 Å². The third kappa shape index (κ3) is 3.38. The third-order valence-corrected chi connectivity index (χ3v) is 5.49. The van der Waals surface area contributed by atoms with Gasteiger partial charge >= 0.3 is 0 Å². The van der Waals surface area contributed by atoms with Gasteiger partial charge in [0.05, 0.1) is 23.1 Å². The molecular formula is C20H26N4O2. The molecule has 0 radical (unpaired) electrons. The Kier molecular flexibility index (Phi) is 4.53. The van der Waals surface area contributed by atoms with Gasteiger partial charge in [0, 0.05) is 30.7 Å². The Morgan fingerprint density at radius 2 is 2.15 bits per heavy atom. The minimum atomic E-state index is -0.855. The quantitative estimate of drug-likeness (QED) is 0.878. The molecular weight excluding hydrogens is 328 g/mol. The van der Waals surface area contributed by atoms with Gasteiger partial charge in [-0.1, -0.05) is 6.92 Å². The summed E-state index contributed by atoms with van der Waals surface area (Å²) in [5.74, 6) is 0.378. The Labute approximate surface area is 153 Å². The summed E-state index contributed by atoms with van der Waals surface area (Å²) in [4.78, 5) is 23.6. The maximum atomic E-state index is 12.3. The molecule has 1 amide bonds. The molecule has 6 nitrogen and oxygen atoms in total. The van der Waals surface area contributed by atoms with Crippen LogP contribution in [0.5, 0.6) is 0 Å². The van der Waals surface area contributed by atoms with Crippen LogP contribution in [0.4, 0.5) is 5.69 Å². The zero-order valence-corrected chi connectivity index (χ0v) is 15.4. The summed E-state index contributed by atoms with van der Waals surface area (Å²) >= 11 is 0. The molecule has 2 aromatic heterocycles. The summed E-state index contributed by atoms with van der Waals surface area (Å²) in [5.41, 5.74) is 2.91. The lowest BCUT2D eigenvalue weighted by atomic mass is 9.94. The molecule has 1 saturated heterocycles. The second-order valence-corrected chi connectivity index (χ2v) is 7.86. The van der Waals surface area contributed by atoms with Crippen LogP contribution in [0.2, 0.25) is 0 Å². The van der Waals surface area contributed by atoms with E-state index in [0.717, 1.165) is 54.6 Å². The topological polar surface area (TPSA) is 78.4 Å². The van der Waals surface area contributed by atoms with Crippen molar-refractivity contribution in [3.05, 3.63) is 30.2 Å². The van der Waals surface area contributed by atoms with Gasteiger partial charge in [0.25, 0.3) is 0 Å². The largest absolute Gasteiger partial charge is 0.383 e. The summed E-state index contributed by atoms with van der Waals surface area (Å²) < 4.78 is 0. The number of amides is 1. The second-order valence-electron chi connectivity index (χ2n) is 7.86. The van der Waals surface area contributed by atoms with Crippen molar-refractivity contribution in [3.8, 4) is 0 Å². The van der Waals surface area contributed by atoms with Crippen LogP contribution in [-0.4, -0.2) is 46.2 Å². The van der Waals surface area contributed by atoms with Crippen LogP contribution in [0.15, 0.2) is 24.5 Å². The molecule has 0 aromatic carbocycles. The number of fused-ring (bicyclic) bond motifs is 1. The predicted molar refractivity (Wildman–Crippen MR) is 101 cm³/mol. The normalized spacial score (nSPS) is 24.5. The molecule has 0 spiro atoms. The van der Waals surface area contributed by atoms with Gasteiger partial charge in [-0.05, 0) is 50.2 Å². The number of piperidine rings is 1. The first-order chi connectivity index (χ1) is 12.5. The number of anilines is 1. The van der Waals surface area contributed by atoms with Gasteiger partial charge < -0.3 is 15.3 Å². The van der Waals surface area contributed by atoms with Crippen LogP contribution < -0.4 is 10.2 Å². The lowest BCUT2D eigenvalue weighted by Crippen LogP contribution is -2.52. The number of hydrogen-bond acceptors (Lipinski definition) is 5. The molecule has 26 heavy (non-hydrogen) atoms. The van der Waals surface area contributed by atoms with Crippen molar-refractivity contribution >= 4 is 22.5 Å². The van der Waals surface area contributed by atoms with Gasteiger partial charge in [0.15, 0.2) is 0 Å². The highest BCUT2D eigenvalue weighted by atomic mass is 16.3. The van der Waals surface area contributed by atoms with Gasteiger partial charge in [-0.25, -0.2) is 0 Å². The lowest BCUT2D eigenvalue weighted by Gasteiger charge is -2.38. The highest BCUT2D eigenvalue weighted by Gasteiger charge is 2.36. The number of aliphatic hydroxyl groups excluding tert-OH is 1. The van der Waals surface area contributed by atoms with Crippen molar-refractivity contribution in [2.75, 3.05) is 18.0 Å². The summed E-state index contributed by atoms with van der Waals surface area (Å²) in [6.07, 6.45) is 5.68. The summed E-state index contributed by atoms with van der Waals surface area (Å²) in [6, 6.07) is 4.06. The SMILES string of the molecule is Cc1ncc(N2C[C@@H](C)C[C@@H](NC(=O)[C@@H](O)C3CC3)C2)c2cccnc12. The summed E-state index contributed by atoms with van der Waals surface area (Å²) in [5, 5.41) is 14.2. The fourth-order valence-electron chi connectivity index (χ4n) is 4.01. The van der Waals surface area contributed by atoms with E-state index in [9.17, 15) is 9.90 Å². The van der Waals surface area contributed by atoms with Crippen LogP contribution in [0.1, 0.15) is 31.9 Å². The van der Waals surface area contributed by atoms with Crippen LogP contribution in [0.3, 0.4) is 0 Å². The lowest BCUT2D eigenvalue weighted by molar-refractivity contribution is -0.131. The molecule has 1 aliphatic heterocycles. The first-order valence-corrected chi connectivity index (χ1v) is 9.46. The average molecular weight is 354 g/mol. The van der Waals surface area contributed by atoms with E-state index in [0.29, 0.717) is 5.92 Å². The van der Waals surface area contributed by atoms with Crippen molar-refractivity contribution in [1.29, 1.82) is 0 Å². The number of carbonyl (C=O) groups excluding carboxylic acids is 1. The van der Waals surface area contributed by atoms with E-state index < -0.39 is 6.10 Å². The van der Waals surface area contributed by atoms with E-state index >= 15 is 0 Å². The van der Waals surface area contributed by atoms with E-state index in [1.165, 1.54) is 0 Å². The van der Waals surface area contributed by atoms with Gasteiger partial charge in [0.1, 0.15) is 6.10 Å². The number of aryl methyl sites for hydroxylation is 1. The van der Waals surface area contributed by atoms with E-state index in [1.54, 1.807) is 6.20 Å². The van der Waals surface area contributed by atoms with Crippen LogP contribution in [0, 0.1) is 18.8 Å². The Hall–Kier alpha value is -2.21. The average Bonchev–Trinajstić information content (AvgIpc) is 3.46. The molecule has 138 valence electrons. The number of nitrogens with one attached hydrogen (secondary N) is 1. The molecule has 2 N–H and O–H groups in total. The fraction of sp³-hybridized carbons (Fsp3) is 0.550. The maximum absolute atomic E-state index is 12.3. The minimum absolute atomic E-state index is 0.0349. The summed E-state index contributed by atoms with van der Waals surface area (Å²) in [6.45, 7) is 5.82. The molecule has 0 unspecified atom stereocenters. The third-order valence-electron chi connectivity index (χ3n) is 5.49. The maximum Gasteiger partial charge on any atom is 0.249 e. The Morgan fingerprint density at radius 1 is 1.35 bits per heavy atom. The number of nitrogens with zero attached hydrogens (tertiary/aromatic N) is 3. The molecule has 4 rings (SSSR count). The number of pyridine rings is 2. The first-order valence-electron chi connectivity index (χ1n) is 9.46. The number of hydrogen-bond donors (Lipinski definition) is 2. The van der Waals surface area contributed by atoms with Gasteiger partial charge in [-0.15, -0.1) is 0 Å². The van der Waals surface area contributed by atoms with Crippen LogP contribution in [0.25, 0.3) is 10.9 Å². The second kappa shape index (κ2) is 6.83. The molecule has 3 atom stereocenters. The van der Waals surface area contributed by atoms with E-state index in [4.69, 9.17) is 0 Å². The molecule has 3 heterocycles. The van der Waals surface area contributed by atoms with Gasteiger partial charge in [-0.2, -0.15) is 0 Å². The van der Waals surface area contributed by atoms with Crippen molar-refractivity contribution in [2.24, 2.45) is 11.8 Å². The van der Waals surface area contributed by atoms with E-state index in [-0.39, 0.29) is 17.9 Å². The van der Waals surface area contributed by atoms with E-state index in [1.807, 2.05) is 19.2 Å². The zero-order chi connectivity index (χ0) is 18.3. The molecule has 6 heteroatoms. The van der Waals surface area contributed by atoms with Gasteiger partial charge in [-0.3, -0.25) is 14.8 Å². The number of rotatable bonds is 4. The minimum Gasteiger partial charge on any atom is -0.383 e. The molecule has 0 bridgehead atoms. The molecule has 2 fully saturated rings. The zero-order valence-electron chi connectivity index (χ0n) is 15.4. The van der Waals surface area contributed by atoms with Crippen LogP contribution in [-0.2, 0) is 4.79 Å². The number of carbonyl (C=O) groups is 1. The smallest absolute Gasteiger partial charge is 0.249 e. The van der Waals surface area contributed by atoms with Crippen LogP contribution >= 0.6 is 0 Å². The Balaban J connectivity index is 1.55. The van der Waals surface area contributed by atoms with Gasteiger partial charge in [0.2, 0.25) is 5.91 Å².